The van der Waals surface area contributed by atoms with Gasteiger partial charge in [0, 0.05) is 44.3 Å². The summed E-state index contributed by atoms with van der Waals surface area (Å²) in [7, 11) is 0. The van der Waals surface area contributed by atoms with E-state index in [1.807, 2.05) is 0 Å². The predicted octanol–water partition coefficient (Wildman–Crippen LogP) is 22.7. The summed E-state index contributed by atoms with van der Waals surface area (Å²) in [6, 6.07) is 42.5. The highest BCUT2D eigenvalue weighted by atomic mass is 14.8. The molecule has 0 saturated carbocycles. The molecule has 0 radical (unpaired) electrons. The normalized spacial score (nSPS) is 13.8. The zero-order chi connectivity index (χ0) is 62.1. The van der Waals surface area contributed by atoms with E-state index in [1.54, 1.807) is 0 Å². The van der Waals surface area contributed by atoms with Crippen molar-refractivity contribution in [3.05, 3.63) is 176 Å². The fourth-order valence-electron chi connectivity index (χ4n) is 11.7. The number of nitrogens with one attached hydrogen (secondary N) is 3. The second kappa shape index (κ2) is 20.7. The van der Waals surface area contributed by atoms with Gasteiger partial charge in [-0.15, -0.1) is 0 Å². The van der Waals surface area contributed by atoms with Gasteiger partial charge in [-0.1, -0.05) is 239 Å². The van der Waals surface area contributed by atoms with E-state index in [0.717, 1.165) is 100 Å². The number of aromatic amines is 3. The summed E-state index contributed by atoms with van der Waals surface area (Å²) in [4.78, 5) is 23.9. The molecule has 0 spiro atoms. The molecule has 3 N–H and O–H groups in total. The molecule has 6 heterocycles. The molecule has 5 heteroatoms. The highest BCUT2D eigenvalue weighted by Gasteiger charge is 2.29. The molecule has 10 rings (SSSR count). The molecule has 4 aromatic carbocycles. The molecule has 2 aliphatic rings. The minimum Gasteiger partial charge on any atom is -0.354 e. The molecule has 0 saturated heterocycles. The first kappa shape index (κ1) is 60.9. The van der Waals surface area contributed by atoms with Crippen molar-refractivity contribution in [3.63, 3.8) is 0 Å². The molecular weight excluding hydrogens is 1030 g/mol. The van der Waals surface area contributed by atoms with Gasteiger partial charge in [-0.3, -0.25) is 0 Å². The zero-order valence-electron chi connectivity index (χ0n) is 56.1. The third-order valence-corrected chi connectivity index (χ3v) is 17.5. The van der Waals surface area contributed by atoms with E-state index in [-0.39, 0.29) is 43.3 Å². The molecule has 8 aromatic rings. The number of benzene rings is 4. The summed E-state index contributed by atoms with van der Waals surface area (Å²) < 4.78 is 0. The second-order valence-electron chi connectivity index (χ2n) is 33.0. The lowest BCUT2D eigenvalue weighted by molar-refractivity contribution is 0.568. The topological polar surface area (TPSA) is 73.2 Å². The molecule has 85 heavy (non-hydrogen) atoms. The van der Waals surface area contributed by atoms with Crippen LogP contribution in [0.5, 0.6) is 0 Å². The van der Waals surface area contributed by atoms with Gasteiger partial charge >= 0.3 is 0 Å². The van der Waals surface area contributed by atoms with E-state index in [9.17, 15) is 0 Å². The van der Waals surface area contributed by atoms with Gasteiger partial charge in [0.2, 0.25) is 0 Å². The highest BCUT2D eigenvalue weighted by molar-refractivity contribution is 6.00. The Balaban J connectivity index is 1.47. The van der Waals surface area contributed by atoms with Crippen molar-refractivity contribution in [1.29, 1.82) is 0 Å². The Labute approximate surface area is 510 Å². The van der Waals surface area contributed by atoms with E-state index < -0.39 is 0 Å². The first-order valence-corrected chi connectivity index (χ1v) is 31.1. The summed E-state index contributed by atoms with van der Waals surface area (Å²) >= 11 is 0. The maximum absolute atomic E-state index is 5.87. The third-order valence-electron chi connectivity index (χ3n) is 17.5. The number of H-pyrrole nitrogens is 3. The SMILES string of the molecule is CC(C)(C)c1cc(-c2c3nc(c(-c4cc(C(C)(C)C)cc(C(C)(C)C)c4)c4ccc([nH]4)c4ccc([nH]4)c(-c4cc(C(C)(C)C)cc(C(C)(C)C)c4)c4nc(c(-c5cc(C(C)(C)C)cc(C(C)(C)C)c5)c5ccc2[nH]5)C=C4)C=C3)cc(C(C)(C)C)c1. The fourth-order valence-corrected chi connectivity index (χ4v) is 11.7. The van der Waals surface area contributed by atoms with Crippen molar-refractivity contribution >= 4 is 57.4 Å². The van der Waals surface area contributed by atoms with Crippen LogP contribution in [-0.4, -0.2) is 24.9 Å². The van der Waals surface area contributed by atoms with Crippen LogP contribution in [-0.2, 0) is 43.3 Å². The number of rotatable bonds is 4. The van der Waals surface area contributed by atoms with Crippen molar-refractivity contribution in [3.8, 4) is 44.5 Å². The van der Waals surface area contributed by atoms with Crippen LogP contribution >= 0.6 is 0 Å². The van der Waals surface area contributed by atoms with Gasteiger partial charge in [0.05, 0.1) is 33.8 Å². The number of nitrogens with zero attached hydrogens (tertiary/aromatic N) is 2. The number of hydrogen-bond donors (Lipinski definition) is 3. The highest BCUT2D eigenvalue weighted by Crippen LogP contribution is 2.45. The standard InChI is InChI=1S/C80H97N5/c1-73(2,3)51-35-47(36-52(43-51)74(4,5)6)69-61-27-25-59(81-61)60-26-28-62(82-60)70(48-37-53(75(7,8)9)44-54(38-48)76(10,11)12)64-30-32-66(84-64)72(50-41-57(79(19,20)21)46-58(42-50)80(22,23)24)68-34-33-67(85-68)71(65-31-29-63(69)83-65)49-39-55(77(13,14)15)45-56(40-49)78(16,17)18/h25-46,81-82,85H,1-24H3. The van der Waals surface area contributed by atoms with Crippen molar-refractivity contribution in [2.75, 3.05) is 0 Å². The maximum Gasteiger partial charge on any atom is 0.0737 e. The largest absolute Gasteiger partial charge is 0.354 e. The molecule has 0 fully saturated rings. The van der Waals surface area contributed by atoms with Crippen LogP contribution in [0.2, 0.25) is 0 Å². The molecule has 4 aromatic heterocycles. The van der Waals surface area contributed by atoms with E-state index in [2.05, 4.69) is 315 Å². The molecule has 442 valence electrons. The Hall–Kier alpha value is -7.24. The van der Waals surface area contributed by atoms with Crippen LogP contribution in [0.3, 0.4) is 0 Å². The number of aromatic nitrogens is 5. The van der Waals surface area contributed by atoms with Crippen LogP contribution < -0.4 is 0 Å². The Bertz CT molecular complexity index is 3830. The molecule has 0 unspecified atom stereocenters. The van der Waals surface area contributed by atoms with E-state index in [0.29, 0.717) is 0 Å². The average Bonchev–Trinajstić information content (AvgIpc) is 1.90. The van der Waals surface area contributed by atoms with E-state index >= 15 is 0 Å². The van der Waals surface area contributed by atoms with Gasteiger partial charge in [-0.05, 0) is 171 Å². The summed E-state index contributed by atoms with van der Waals surface area (Å²) in [6.07, 6.45) is 8.99. The van der Waals surface area contributed by atoms with Gasteiger partial charge in [-0.2, -0.15) is 0 Å². The lowest BCUT2D eigenvalue weighted by Gasteiger charge is -2.26. The monoisotopic (exact) mass is 1130 g/mol. The molecule has 0 amide bonds. The first-order chi connectivity index (χ1) is 39.1. The first-order valence-electron chi connectivity index (χ1n) is 31.1. The lowest BCUT2D eigenvalue weighted by Crippen LogP contribution is -2.16. The number of fused-ring (bicyclic) bond motifs is 11. The summed E-state index contributed by atoms with van der Waals surface area (Å²) in [5.74, 6) is 0. The quantitative estimate of drug-likeness (QED) is 0.164. The van der Waals surface area contributed by atoms with Crippen LogP contribution in [0, 0.1) is 0 Å². The van der Waals surface area contributed by atoms with Gasteiger partial charge in [0.1, 0.15) is 0 Å². The van der Waals surface area contributed by atoms with Crippen LogP contribution in [0.25, 0.3) is 102 Å². The minimum absolute atomic E-state index is 0.101. The third kappa shape index (κ3) is 12.4. The van der Waals surface area contributed by atoms with Crippen LogP contribution in [0.15, 0.2) is 109 Å². The summed E-state index contributed by atoms with van der Waals surface area (Å²) in [6.45, 7) is 55.7. The van der Waals surface area contributed by atoms with Crippen molar-refractivity contribution in [1.82, 2.24) is 24.9 Å². The maximum atomic E-state index is 5.87. The molecule has 0 atom stereocenters. The Morgan fingerprint density at radius 3 is 0.529 bits per heavy atom. The number of hydrogen-bond acceptors (Lipinski definition) is 2. The Morgan fingerprint density at radius 2 is 0.365 bits per heavy atom. The predicted molar refractivity (Wildman–Crippen MR) is 371 cm³/mol. The van der Waals surface area contributed by atoms with E-state index in [4.69, 9.17) is 9.97 Å². The van der Waals surface area contributed by atoms with Gasteiger partial charge in [0.15, 0.2) is 0 Å². The molecule has 10 bridgehead atoms. The Morgan fingerprint density at radius 1 is 0.212 bits per heavy atom. The molecule has 2 aliphatic heterocycles. The van der Waals surface area contributed by atoms with Gasteiger partial charge in [-0.25, -0.2) is 9.97 Å². The Kier molecular flexibility index (Phi) is 14.8. The van der Waals surface area contributed by atoms with E-state index in [1.165, 1.54) is 44.5 Å². The van der Waals surface area contributed by atoms with Crippen LogP contribution in [0.1, 0.15) is 233 Å². The van der Waals surface area contributed by atoms with Crippen molar-refractivity contribution in [2.24, 2.45) is 0 Å². The fraction of sp³-hybridized carbons (Fsp3) is 0.400. The average molecular weight is 1130 g/mol. The van der Waals surface area contributed by atoms with Crippen molar-refractivity contribution in [2.45, 2.75) is 209 Å². The lowest BCUT2D eigenvalue weighted by atomic mass is 9.78. The molecule has 5 nitrogen and oxygen atoms in total. The van der Waals surface area contributed by atoms with Crippen molar-refractivity contribution < 1.29 is 0 Å². The molecular formula is C80H97N5. The van der Waals surface area contributed by atoms with Gasteiger partial charge < -0.3 is 15.0 Å². The second-order valence-corrected chi connectivity index (χ2v) is 33.0. The molecule has 0 aliphatic carbocycles. The zero-order valence-corrected chi connectivity index (χ0v) is 56.1. The smallest absolute Gasteiger partial charge is 0.0737 e. The summed E-state index contributed by atoms with van der Waals surface area (Å²) in [5, 5.41) is 0. The minimum atomic E-state index is -0.117. The summed E-state index contributed by atoms with van der Waals surface area (Å²) in [5.41, 5.74) is 27.7. The van der Waals surface area contributed by atoms with Crippen LogP contribution in [0.4, 0.5) is 0 Å². The van der Waals surface area contributed by atoms with Gasteiger partial charge in [0.25, 0.3) is 0 Å².